The fourth-order valence-corrected chi connectivity index (χ4v) is 3.67. The zero-order valence-corrected chi connectivity index (χ0v) is 14.8. The lowest BCUT2D eigenvalue weighted by atomic mass is 10.1. The molecule has 3 rings (SSSR count). The second-order valence-electron chi connectivity index (χ2n) is 6.17. The van der Waals surface area contributed by atoms with E-state index in [1.165, 1.54) is 23.5 Å². The predicted octanol–water partition coefficient (Wildman–Crippen LogP) is 3.19. The number of hydrogen-bond donors (Lipinski definition) is 0. The SMILES string of the molecule is O=C(CCc1cccc(F)c1)N1CCCN(C(=O)c2ccsc2)CC1. The summed E-state index contributed by atoms with van der Waals surface area (Å²) in [5.41, 5.74) is 1.55. The van der Waals surface area contributed by atoms with Crippen molar-refractivity contribution in [2.24, 2.45) is 0 Å². The standard InChI is InChI=1S/C19H21FN2O2S/c20-17-4-1-3-15(13-17)5-6-18(23)21-8-2-9-22(11-10-21)19(24)16-7-12-25-14-16/h1,3-4,7,12-14H,2,5-6,8-11H2. The topological polar surface area (TPSA) is 40.6 Å². The maximum atomic E-state index is 13.2. The van der Waals surface area contributed by atoms with Crippen LogP contribution in [0.4, 0.5) is 4.39 Å². The van der Waals surface area contributed by atoms with E-state index in [0.29, 0.717) is 39.0 Å². The second kappa shape index (κ2) is 8.25. The maximum Gasteiger partial charge on any atom is 0.254 e. The minimum atomic E-state index is -0.276. The molecule has 1 aliphatic heterocycles. The van der Waals surface area contributed by atoms with Crippen LogP contribution in [0.15, 0.2) is 41.1 Å². The Bertz CT molecular complexity index is 733. The van der Waals surface area contributed by atoms with Crippen LogP contribution in [0.5, 0.6) is 0 Å². The lowest BCUT2D eigenvalue weighted by molar-refractivity contribution is -0.131. The summed E-state index contributed by atoms with van der Waals surface area (Å²) in [7, 11) is 0. The Balaban J connectivity index is 1.52. The van der Waals surface area contributed by atoms with E-state index in [1.54, 1.807) is 6.07 Å². The number of benzene rings is 1. The Morgan fingerprint density at radius 1 is 1.08 bits per heavy atom. The minimum absolute atomic E-state index is 0.0373. The molecule has 0 N–H and O–H groups in total. The van der Waals surface area contributed by atoms with Gasteiger partial charge in [-0.05, 0) is 42.0 Å². The number of halogens is 1. The number of carbonyl (C=O) groups excluding carboxylic acids is 2. The van der Waals surface area contributed by atoms with Crippen molar-refractivity contribution in [3.63, 3.8) is 0 Å². The van der Waals surface area contributed by atoms with E-state index >= 15 is 0 Å². The lowest BCUT2D eigenvalue weighted by Gasteiger charge is -2.22. The highest BCUT2D eigenvalue weighted by Gasteiger charge is 2.22. The quantitative estimate of drug-likeness (QED) is 0.840. The molecule has 1 aromatic heterocycles. The maximum absolute atomic E-state index is 13.2. The van der Waals surface area contributed by atoms with E-state index in [1.807, 2.05) is 32.7 Å². The van der Waals surface area contributed by atoms with Gasteiger partial charge in [-0.2, -0.15) is 11.3 Å². The van der Waals surface area contributed by atoms with Gasteiger partial charge in [0.05, 0.1) is 5.56 Å². The molecular weight excluding hydrogens is 339 g/mol. The van der Waals surface area contributed by atoms with Crippen molar-refractivity contribution >= 4 is 23.2 Å². The van der Waals surface area contributed by atoms with Crippen molar-refractivity contribution < 1.29 is 14.0 Å². The number of thiophene rings is 1. The van der Waals surface area contributed by atoms with Crippen LogP contribution in [-0.4, -0.2) is 47.8 Å². The fraction of sp³-hybridized carbons (Fsp3) is 0.368. The summed E-state index contributed by atoms with van der Waals surface area (Å²) in [5.74, 6) is -0.174. The van der Waals surface area contributed by atoms with Crippen molar-refractivity contribution in [2.45, 2.75) is 19.3 Å². The molecule has 0 saturated carbocycles. The van der Waals surface area contributed by atoms with Crippen molar-refractivity contribution in [1.82, 2.24) is 9.80 Å². The molecule has 0 spiro atoms. The van der Waals surface area contributed by atoms with E-state index in [0.717, 1.165) is 17.5 Å². The van der Waals surface area contributed by atoms with Crippen LogP contribution in [0.1, 0.15) is 28.8 Å². The molecule has 6 heteroatoms. The van der Waals surface area contributed by atoms with E-state index in [9.17, 15) is 14.0 Å². The lowest BCUT2D eigenvalue weighted by Crippen LogP contribution is -2.37. The monoisotopic (exact) mass is 360 g/mol. The van der Waals surface area contributed by atoms with Gasteiger partial charge in [0.25, 0.3) is 5.91 Å². The van der Waals surface area contributed by atoms with Gasteiger partial charge in [-0.25, -0.2) is 4.39 Å². The van der Waals surface area contributed by atoms with Crippen molar-refractivity contribution in [2.75, 3.05) is 26.2 Å². The molecule has 2 heterocycles. The third-order valence-electron chi connectivity index (χ3n) is 4.42. The number of aryl methyl sites for hydroxylation is 1. The Hall–Kier alpha value is -2.21. The molecule has 132 valence electrons. The van der Waals surface area contributed by atoms with Crippen LogP contribution in [-0.2, 0) is 11.2 Å². The van der Waals surface area contributed by atoms with Gasteiger partial charge in [0.1, 0.15) is 5.82 Å². The number of rotatable bonds is 4. The molecule has 1 aliphatic rings. The number of carbonyl (C=O) groups is 2. The van der Waals surface area contributed by atoms with Crippen LogP contribution in [0.25, 0.3) is 0 Å². The van der Waals surface area contributed by atoms with E-state index in [2.05, 4.69) is 0 Å². The summed E-state index contributed by atoms with van der Waals surface area (Å²) in [6.45, 7) is 2.44. The highest BCUT2D eigenvalue weighted by Crippen LogP contribution is 2.13. The van der Waals surface area contributed by atoms with Gasteiger partial charge in [0.15, 0.2) is 0 Å². The van der Waals surface area contributed by atoms with Crippen LogP contribution < -0.4 is 0 Å². The van der Waals surface area contributed by atoms with Crippen LogP contribution >= 0.6 is 11.3 Å². The molecular formula is C19H21FN2O2S. The van der Waals surface area contributed by atoms with Gasteiger partial charge in [-0.1, -0.05) is 12.1 Å². The summed E-state index contributed by atoms with van der Waals surface area (Å²) < 4.78 is 13.2. The zero-order valence-electron chi connectivity index (χ0n) is 14.0. The molecule has 0 radical (unpaired) electrons. The molecule has 4 nitrogen and oxygen atoms in total. The van der Waals surface area contributed by atoms with Gasteiger partial charge < -0.3 is 9.80 Å². The largest absolute Gasteiger partial charge is 0.341 e. The van der Waals surface area contributed by atoms with Crippen LogP contribution in [0, 0.1) is 5.82 Å². The molecule has 0 unspecified atom stereocenters. The number of nitrogens with zero attached hydrogens (tertiary/aromatic N) is 2. The Morgan fingerprint density at radius 2 is 1.88 bits per heavy atom. The van der Waals surface area contributed by atoms with E-state index < -0.39 is 0 Å². The van der Waals surface area contributed by atoms with Gasteiger partial charge in [0.2, 0.25) is 5.91 Å². The average Bonchev–Trinajstić information content (AvgIpc) is 3.03. The Labute approximate surface area is 150 Å². The molecule has 0 aliphatic carbocycles. The smallest absolute Gasteiger partial charge is 0.254 e. The molecule has 25 heavy (non-hydrogen) atoms. The van der Waals surface area contributed by atoms with Gasteiger partial charge >= 0.3 is 0 Å². The molecule has 0 atom stereocenters. The first kappa shape index (κ1) is 17.6. The summed E-state index contributed by atoms with van der Waals surface area (Å²) in [6.07, 6.45) is 1.67. The first-order valence-corrected chi connectivity index (χ1v) is 9.41. The highest BCUT2D eigenvalue weighted by molar-refractivity contribution is 7.08. The Kier molecular flexibility index (Phi) is 5.81. The highest BCUT2D eigenvalue weighted by atomic mass is 32.1. The summed E-state index contributed by atoms with van der Waals surface area (Å²) in [5, 5.41) is 3.75. The first-order chi connectivity index (χ1) is 12.1. The van der Waals surface area contributed by atoms with Crippen molar-refractivity contribution in [1.29, 1.82) is 0 Å². The molecule has 1 fully saturated rings. The molecule has 1 aromatic carbocycles. The van der Waals surface area contributed by atoms with Gasteiger partial charge in [-0.3, -0.25) is 9.59 Å². The third kappa shape index (κ3) is 4.66. The van der Waals surface area contributed by atoms with Crippen molar-refractivity contribution in [3.05, 3.63) is 58.0 Å². The second-order valence-corrected chi connectivity index (χ2v) is 6.95. The van der Waals surface area contributed by atoms with E-state index in [4.69, 9.17) is 0 Å². The average molecular weight is 360 g/mol. The molecule has 2 amide bonds. The third-order valence-corrected chi connectivity index (χ3v) is 5.10. The first-order valence-electron chi connectivity index (χ1n) is 8.47. The molecule has 2 aromatic rings. The van der Waals surface area contributed by atoms with Crippen LogP contribution in [0.2, 0.25) is 0 Å². The summed E-state index contributed by atoms with van der Waals surface area (Å²) >= 11 is 1.51. The number of hydrogen-bond acceptors (Lipinski definition) is 3. The van der Waals surface area contributed by atoms with Gasteiger partial charge in [0, 0.05) is 38.0 Å². The zero-order chi connectivity index (χ0) is 17.6. The minimum Gasteiger partial charge on any atom is -0.341 e. The van der Waals surface area contributed by atoms with E-state index in [-0.39, 0.29) is 17.6 Å². The molecule has 1 saturated heterocycles. The van der Waals surface area contributed by atoms with Crippen molar-refractivity contribution in [3.8, 4) is 0 Å². The Morgan fingerprint density at radius 3 is 2.64 bits per heavy atom. The van der Waals surface area contributed by atoms with Crippen LogP contribution in [0.3, 0.4) is 0 Å². The fourth-order valence-electron chi connectivity index (χ4n) is 3.04. The summed E-state index contributed by atoms with van der Waals surface area (Å²) in [4.78, 5) is 28.5. The normalized spacial score (nSPS) is 15.1. The van der Waals surface area contributed by atoms with Gasteiger partial charge in [-0.15, -0.1) is 0 Å². The number of amides is 2. The molecule has 0 bridgehead atoms. The predicted molar refractivity (Wildman–Crippen MR) is 96.1 cm³/mol. The summed E-state index contributed by atoms with van der Waals surface area (Å²) in [6, 6.07) is 8.20.